The van der Waals surface area contributed by atoms with Crippen LogP contribution in [0.3, 0.4) is 0 Å². The number of aromatic carboxylic acids is 1. The van der Waals surface area contributed by atoms with E-state index < -0.39 is 17.7 Å². The van der Waals surface area contributed by atoms with Crippen molar-refractivity contribution in [1.29, 1.82) is 0 Å². The number of carbonyl (C=O) groups is 3. The maximum Gasteiger partial charge on any atom is 0.229 e. The highest BCUT2D eigenvalue weighted by Gasteiger charge is 2.35. The predicted molar refractivity (Wildman–Crippen MR) is 86.3 cm³/mol. The largest absolute Gasteiger partial charge is 0.545 e. The number of halogens is 1. The van der Waals surface area contributed by atoms with E-state index in [0.29, 0.717) is 11.4 Å². The highest BCUT2D eigenvalue weighted by atomic mass is 19.1. The third-order valence-electron chi connectivity index (χ3n) is 4.00. The number of nitrogens with one attached hydrogen (secondary N) is 1. The minimum atomic E-state index is -1.34. The summed E-state index contributed by atoms with van der Waals surface area (Å²) in [6.45, 7) is 0.177. The molecule has 0 spiro atoms. The fraction of sp³-hybridized carbons (Fsp3) is 0.167. The van der Waals surface area contributed by atoms with Crippen LogP contribution in [0.4, 0.5) is 15.8 Å². The maximum absolute atomic E-state index is 13.0. The van der Waals surface area contributed by atoms with Crippen LogP contribution in [-0.4, -0.2) is 24.3 Å². The molecular formula is C18H14FN2O4-. The molecule has 25 heavy (non-hydrogen) atoms. The Morgan fingerprint density at radius 1 is 1.16 bits per heavy atom. The standard InChI is InChI=1S/C18H15FN2O4/c19-13-4-6-15(7-5-13)21-10-12(9-16(21)22)17(23)20-14-3-1-2-11(8-14)18(24)25/h1-8,12H,9-10H2,(H,20,23)(H,24,25)/p-1/t12-/m1/s1. The minimum Gasteiger partial charge on any atom is -0.545 e. The molecule has 0 saturated carbocycles. The van der Waals surface area contributed by atoms with Gasteiger partial charge in [0.25, 0.3) is 0 Å². The molecular weight excluding hydrogens is 327 g/mol. The first-order chi connectivity index (χ1) is 11.9. The van der Waals surface area contributed by atoms with Gasteiger partial charge in [-0.1, -0.05) is 12.1 Å². The van der Waals surface area contributed by atoms with Gasteiger partial charge in [-0.05, 0) is 42.0 Å². The number of carboxylic acids is 1. The highest BCUT2D eigenvalue weighted by molar-refractivity contribution is 6.03. The van der Waals surface area contributed by atoms with E-state index in [9.17, 15) is 23.9 Å². The molecule has 2 aromatic carbocycles. The molecule has 1 aliphatic heterocycles. The highest BCUT2D eigenvalue weighted by Crippen LogP contribution is 2.26. The normalized spacial score (nSPS) is 16.8. The third kappa shape index (κ3) is 3.65. The van der Waals surface area contributed by atoms with Gasteiger partial charge in [0.2, 0.25) is 11.8 Å². The van der Waals surface area contributed by atoms with Crippen LogP contribution < -0.4 is 15.3 Å². The number of nitrogens with zero attached hydrogens (tertiary/aromatic N) is 1. The van der Waals surface area contributed by atoms with Crippen LogP contribution >= 0.6 is 0 Å². The predicted octanol–water partition coefficient (Wildman–Crippen LogP) is 1.18. The number of hydrogen-bond donors (Lipinski definition) is 1. The lowest BCUT2D eigenvalue weighted by atomic mass is 10.1. The first kappa shape index (κ1) is 16.6. The quantitative estimate of drug-likeness (QED) is 0.904. The first-order valence-electron chi connectivity index (χ1n) is 7.62. The number of hydrogen-bond acceptors (Lipinski definition) is 4. The molecule has 0 aliphatic carbocycles. The zero-order valence-corrected chi connectivity index (χ0v) is 13.1. The summed E-state index contributed by atoms with van der Waals surface area (Å²) in [5.41, 5.74) is 0.799. The zero-order valence-electron chi connectivity index (χ0n) is 13.1. The van der Waals surface area contributed by atoms with Gasteiger partial charge in [0, 0.05) is 24.3 Å². The molecule has 1 fully saturated rings. The van der Waals surface area contributed by atoms with Crippen molar-refractivity contribution >= 4 is 29.2 Å². The summed E-state index contributed by atoms with van der Waals surface area (Å²) < 4.78 is 13.0. The Labute approximate surface area is 142 Å². The fourth-order valence-electron chi connectivity index (χ4n) is 2.72. The number of anilines is 2. The average molecular weight is 341 g/mol. The minimum absolute atomic E-state index is 0.0311. The molecule has 3 rings (SSSR count). The number of carboxylic acid groups (broad SMARTS) is 1. The van der Waals surface area contributed by atoms with E-state index in [0.717, 1.165) is 0 Å². The monoisotopic (exact) mass is 341 g/mol. The van der Waals surface area contributed by atoms with E-state index in [1.807, 2.05) is 0 Å². The van der Waals surface area contributed by atoms with Crippen molar-refractivity contribution in [2.45, 2.75) is 6.42 Å². The summed E-state index contributed by atoms with van der Waals surface area (Å²) in [7, 11) is 0. The van der Waals surface area contributed by atoms with E-state index in [1.165, 1.54) is 47.4 Å². The number of rotatable bonds is 4. The van der Waals surface area contributed by atoms with Gasteiger partial charge in [-0.2, -0.15) is 0 Å². The summed E-state index contributed by atoms with van der Waals surface area (Å²) in [6.07, 6.45) is 0.0311. The van der Waals surface area contributed by atoms with Gasteiger partial charge in [0.05, 0.1) is 11.9 Å². The van der Waals surface area contributed by atoms with Gasteiger partial charge in [-0.25, -0.2) is 4.39 Å². The van der Waals surface area contributed by atoms with Crippen molar-refractivity contribution < 1.29 is 23.9 Å². The van der Waals surface area contributed by atoms with Gasteiger partial charge in [-0.3, -0.25) is 9.59 Å². The first-order valence-corrected chi connectivity index (χ1v) is 7.62. The van der Waals surface area contributed by atoms with Crippen molar-refractivity contribution in [1.82, 2.24) is 0 Å². The second-order valence-electron chi connectivity index (χ2n) is 5.74. The molecule has 1 saturated heterocycles. The lowest BCUT2D eigenvalue weighted by molar-refractivity contribution is -0.255. The molecule has 0 radical (unpaired) electrons. The Morgan fingerprint density at radius 3 is 2.56 bits per heavy atom. The SMILES string of the molecule is O=C([O-])c1cccc(NC(=O)[C@@H]2CC(=O)N(c3ccc(F)cc3)C2)c1. The van der Waals surface area contributed by atoms with E-state index in [2.05, 4.69) is 5.32 Å². The van der Waals surface area contributed by atoms with Crippen LogP contribution in [0.25, 0.3) is 0 Å². The third-order valence-corrected chi connectivity index (χ3v) is 4.00. The molecule has 6 nitrogen and oxygen atoms in total. The van der Waals surface area contributed by atoms with E-state index >= 15 is 0 Å². The smallest absolute Gasteiger partial charge is 0.229 e. The molecule has 1 atom stereocenters. The van der Waals surface area contributed by atoms with Crippen LogP contribution in [0.5, 0.6) is 0 Å². The topological polar surface area (TPSA) is 89.5 Å². The Kier molecular flexibility index (Phi) is 4.47. The fourth-order valence-corrected chi connectivity index (χ4v) is 2.72. The van der Waals surface area contributed by atoms with E-state index in [1.54, 1.807) is 6.07 Å². The number of amides is 2. The summed E-state index contributed by atoms with van der Waals surface area (Å²) in [4.78, 5) is 36.8. The Hall–Kier alpha value is -3.22. The lowest BCUT2D eigenvalue weighted by Gasteiger charge is -2.16. The van der Waals surface area contributed by atoms with Crippen molar-refractivity contribution in [3.8, 4) is 0 Å². The van der Waals surface area contributed by atoms with Gasteiger partial charge in [0.1, 0.15) is 5.82 Å². The summed E-state index contributed by atoms with van der Waals surface area (Å²) in [5, 5.41) is 13.5. The molecule has 1 N–H and O–H groups in total. The molecule has 128 valence electrons. The Morgan fingerprint density at radius 2 is 1.88 bits per heavy atom. The van der Waals surface area contributed by atoms with Crippen molar-refractivity contribution in [2.24, 2.45) is 5.92 Å². The Bertz CT molecular complexity index is 835. The molecule has 0 aromatic heterocycles. The second kappa shape index (κ2) is 6.72. The molecule has 7 heteroatoms. The number of benzene rings is 2. The summed E-state index contributed by atoms with van der Waals surface area (Å²) in [5.74, 6) is -2.93. The zero-order chi connectivity index (χ0) is 18.0. The van der Waals surface area contributed by atoms with E-state index in [-0.39, 0.29) is 30.3 Å². The van der Waals surface area contributed by atoms with Crippen molar-refractivity contribution in [3.05, 3.63) is 59.9 Å². The molecule has 0 unspecified atom stereocenters. The molecule has 1 heterocycles. The lowest BCUT2D eigenvalue weighted by Crippen LogP contribution is -2.28. The van der Waals surface area contributed by atoms with Crippen LogP contribution in [0.15, 0.2) is 48.5 Å². The van der Waals surface area contributed by atoms with E-state index in [4.69, 9.17) is 0 Å². The molecule has 0 bridgehead atoms. The summed E-state index contributed by atoms with van der Waals surface area (Å²) >= 11 is 0. The second-order valence-corrected chi connectivity index (χ2v) is 5.74. The van der Waals surface area contributed by atoms with Crippen LogP contribution in [0.2, 0.25) is 0 Å². The van der Waals surface area contributed by atoms with Gasteiger partial charge < -0.3 is 20.1 Å². The van der Waals surface area contributed by atoms with Crippen molar-refractivity contribution in [3.63, 3.8) is 0 Å². The maximum atomic E-state index is 13.0. The Balaban J connectivity index is 1.69. The van der Waals surface area contributed by atoms with Gasteiger partial charge in [0.15, 0.2) is 0 Å². The van der Waals surface area contributed by atoms with Crippen LogP contribution in [0.1, 0.15) is 16.8 Å². The number of carbonyl (C=O) groups excluding carboxylic acids is 3. The van der Waals surface area contributed by atoms with Crippen LogP contribution in [-0.2, 0) is 9.59 Å². The average Bonchev–Trinajstić information content (AvgIpc) is 2.98. The van der Waals surface area contributed by atoms with Gasteiger partial charge in [-0.15, -0.1) is 0 Å². The summed E-state index contributed by atoms with van der Waals surface area (Å²) in [6, 6.07) is 11.2. The van der Waals surface area contributed by atoms with Crippen LogP contribution in [0, 0.1) is 11.7 Å². The molecule has 1 aliphatic rings. The van der Waals surface area contributed by atoms with Crippen molar-refractivity contribution in [2.75, 3.05) is 16.8 Å². The molecule has 2 amide bonds. The van der Waals surface area contributed by atoms with Gasteiger partial charge >= 0.3 is 0 Å². The molecule has 2 aromatic rings.